The van der Waals surface area contributed by atoms with E-state index in [2.05, 4.69) is 0 Å². The molecule has 1 aliphatic rings. The van der Waals surface area contributed by atoms with Crippen LogP contribution in [0.1, 0.15) is 52.0 Å². The van der Waals surface area contributed by atoms with E-state index in [-0.39, 0.29) is 6.16 Å². The van der Waals surface area contributed by atoms with Gasteiger partial charge in [0.2, 0.25) is 13.3 Å². The van der Waals surface area contributed by atoms with Crippen molar-refractivity contribution < 1.29 is 33.3 Å². The Kier molecular flexibility index (Phi) is 9.47. The SMILES string of the molecule is CC(C)(C)C(=O)OCOP(=O)(CCCCc1ccccc1)CC(=O)N1CCC[C@H]1C(=O)O. The number of aryl methyl sites for hydroxylation is 1. The number of carboxylic acid groups (broad SMARTS) is 1. The highest BCUT2D eigenvalue weighted by molar-refractivity contribution is 7.59. The largest absolute Gasteiger partial charge is 0.480 e. The summed E-state index contributed by atoms with van der Waals surface area (Å²) in [5.74, 6) is -2.05. The van der Waals surface area contributed by atoms with E-state index in [1.165, 1.54) is 10.5 Å². The van der Waals surface area contributed by atoms with Gasteiger partial charge in [-0.15, -0.1) is 0 Å². The number of benzene rings is 1. The van der Waals surface area contributed by atoms with Crippen LogP contribution >= 0.6 is 7.37 Å². The smallest absolute Gasteiger partial charge is 0.326 e. The van der Waals surface area contributed by atoms with Crippen LogP contribution in [-0.4, -0.2) is 59.6 Å². The number of carboxylic acids is 1. The minimum Gasteiger partial charge on any atom is -0.480 e. The summed E-state index contributed by atoms with van der Waals surface area (Å²) >= 11 is 0. The van der Waals surface area contributed by atoms with Gasteiger partial charge in [0.25, 0.3) is 0 Å². The zero-order valence-corrected chi connectivity index (χ0v) is 20.0. The van der Waals surface area contributed by atoms with Crippen LogP contribution in [0.15, 0.2) is 30.3 Å². The maximum Gasteiger partial charge on any atom is 0.326 e. The van der Waals surface area contributed by atoms with E-state index < -0.39 is 49.6 Å². The van der Waals surface area contributed by atoms with E-state index >= 15 is 0 Å². The van der Waals surface area contributed by atoms with Crippen molar-refractivity contribution in [2.45, 2.75) is 58.9 Å². The highest BCUT2D eigenvalue weighted by Crippen LogP contribution is 2.48. The fraction of sp³-hybridized carbons (Fsp3) is 0.609. The van der Waals surface area contributed by atoms with Crippen LogP contribution in [-0.2, 0) is 34.6 Å². The summed E-state index contributed by atoms with van der Waals surface area (Å²) in [5.41, 5.74) is 0.433. The number of nitrogens with zero attached hydrogens (tertiary/aromatic N) is 1. The van der Waals surface area contributed by atoms with E-state index in [0.717, 1.165) is 12.8 Å². The van der Waals surface area contributed by atoms with Crippen molar-refractivity contribution in [1.29, 1.82) is 0 Å². The van der Waals surface area contributed by atoms with Gasteiger partial charge in [-0.1, -0.05) is 30.3 Å². The first kappa shape index (κ1) is 26.1. The highest BCUT2D eigenvalue weighted by Gasteiger charge is 2.38. The number of hydrogen-bond acceptors (Lipinski definition) is 6. The predicted octanol–water partition coefficient (Wildman–Crippen LogP) is 3.93. The molecule has 1 N–H and O–H groups in total. The molecular formula is C23H34NO7P. The van der Waals surface area contributed by atoms with E-state index in [1.807, 2.05) is 30.3 Å². The lowest BCUT2D eigenvalue weighted by Crippen LogP contribution is -2.42. The van der Waals surface area contributed by atoms with Gasteiger partial charge in [0.05, 0.1) is 5.41 Å². The second-order valence-corrected chi connectivity index (χ2v) is 11.8. The summed E-state index contributed by atoms with van der Waals surface area (Å²) < 4.78 is 24.1. The van der Waals surface area contributed by atoms with Gasteiger partial charge in [-0.05, 0) is 58.4 Å². The molecule has 0 aromatic heterocycles. The Morgan fingerprint density at radius 3 is 2.47 bits per heavy atom. The van der Waals surface area contributed by atoms with E-state index in [9.17, 15) is 24.1 Å². The average molecular weight is 467 g/mol. The minimum atomic E-state index is -3.48. The number of hydrogen-bond donors (Lipinski definition) is 1. The van der Waals surface area contributed by atoms with Gasteiger partial charge >= 0.3 is 11.9 Å². The molecule has 2 rings (SSSR count). The van der Waals surface area contributed by atoms with Gasteiger partial charge in [-0.25, -0.2) is 4.79 Å². The molecule has 1 fully saturated rings. The summed E-state index contributed by atoms with van der Waals surface area (Å²) in [6, 6.07) is 9.00. The second-order valence-electron chi connectivity index (χ2n) is 9.15. The molecule has 8 nitrogen and oxygen atoms in total. The molecule has 1 aromatic rings. The van der Waals surface area contributed by atoms with E-state index in [1.54, 1.807) is 20.8 Å². The summed E-state index contributed by atoms with van der Waals surface area (Å²) in [7, 11) is -3.48. The second kappa shape index (κ2) is 11.6. The van der Waals surface area contributed by atoms with Crippen LogP contribution in [0.5, 0.6) is 0 Å². The number of aliphatic carboxylic acids is 1. The first-order valence-electron chi connectivity index (χ1n) is 11.0. The fourth-order valence-corrected chi connectivity index (χ4v) is 5.45. The monoisotopic (exact) mass is 467 g/mol. The quantitative estimate of drug-likeness (QED) is 0.227. The molecule has 1 saturated heterocycles. The fourth-order valence-electron chi connectivity index (χ4n) is 3.53. The molecule has 1 heterocycles. The normalized spacial score (nSPS) is 18.2. The van der Waals surface area contributed by atoms with Gasteiger partial charge in [-0.3, -0.25) is 18.7 Å². The lowest BCUT2D eigenvalue weighted by Gasteiger charge is -2.25. The lowest BCUT2D eigenvalue weighted by atomic mass is 9.98. The van der Waals surface area contributed by atoms with Crippen LogP contribution in [0.2, 0.25) is 0 Å². The van der Waals surface area contributed by atoms with Crippen molar-refractivity contribution in [2.24, 2.45) is 5.41 Å². The molecule has 0 radical (unpaired) electrons. The topological polar surface area (TPSA) is 110 Å². The zero-order valence-electron chi connectivity index (χ0n) is 19.1. The third-order valence-electron chi connectivity index (χ3n) is 5.38. The molecule has 2 atom stereocenters. The molecule has 178 valence electrons. The third-order valence-corrected chi connectivity index (χ3v) is 7.71. The molecule has 32 heavy (non-hydrogen) atoms. The molecule has 0 aliphatic carbocycles. The van der Waals surface area contributed by atoms with Crippen LogP contribution in [0, 0.1) is 5.41 Å². The molecule has 1 aliphatic heterocycles. The van der Waals surface area contributed by atoms with Gasteiger partial charge < -0.3 is 14.7 Å². The molecule has 1 unspecified atom stereocenters. The number of esters is 1. The first-order valence-corrected chi connectivity index (χ1v) is 13.0. The van der Waals surface area contributed by atoms with Crippen LogP contribution in [0.25, 0.3) is 0 Å². The lowest BCUT2D eigenvalue weighted by molar-refractivity contribution is -0.159. The van der Waals surface area contributed by atoms with Crippen LogP contribution < -0.4 is 0 Å². The van der Waals surface area contributed by atoms with Crippen molar-refractivity contribution in [3.8, 4) is 0 Å². The number of carbonyl (C=O) groups is 3. The zero-order chi connectivity index (χ0) is 23.8. The summed E-state index contributed by atoms with van der Waals surface area (Å²) in [4.78, 5) is 37.5. The highest BCUT2D eigenvalue weighted by atomic mass is 31.2. The summed E-state index contributed by atoms with van der Waals surface area (Å²) in [6.07, 6.45) is 2.87. The van der Waals surface area contributed by atoms with Gasteiger partial charge in [0.1, 0.15) is 12.2 Å². The predicted molar refractivity (Wildman–Crippen MR) is 121 cm³/mol. The maximum absolute atomic E-state index is 13.5. The summed E-state index contributed by atoms with van der Waals surface area (Å²) in [5, 5.41) is 9.34. The van der Waals surface area contributed by atoms with Crippen LogP contribution in [0.3, 0.4) is 0 Å². The van der Waals surface area contributed by atoms with Crippen LogP contribution in [0.4, 0.5) is 0 Å². The maximum atomic E-state index is 13.5. The number of ether oxygens (including phenoxy) is 1. The first-order chi connectivity index (χ1) is 15.0. The molecule has 1 aromatic carbocycles. The Labute approximate surface area is 189 Å². The Bertz CT molecular complexity index is 834. The Morgan fingerprint density at radius 2 is 1.84 bits per heavy atom. The Hall–Kier alpha value is -2.18. The summed E-state index contributed by atoms with van der Waals surface area (Å²) in [6.45, 7) is 4.91. The van der Waals surface area contributed by atoms with Gasteiger partial charge in [0.15, 0.2) is 6.79 Å². The van der Waals surface area contributed by atoms with E-state index in [0.29, 0.717) is 25.8 Å². The van der Waals surface area contributed by atoms with Crippen molar-refractivity contribution in [2.75, 3.05) is 25.7 Å². The number of unbranched alkanes of at least 4 members (excludes halogenated alkanes) is 1. The molecule has 0 spiro atoms. The van der Waals surface area contributed by atoms with Crippen molar-refractivity contribution >= 4 is 25.2 Å². The minimum absolute atomic E-state index is 0.157. The third kappa shape index (κ3) is 8.06. The van der Waals surface area contributed by atoms with Gasteiger partial charge in [0, 0.05) is 12.7 Å². The molecule has 1 amide bonds. The molecule has 0 bridgehead atoms. The number of amides is 1. The number of likely N-dealkylation sites (tertiary alicyclic amines) is 1. The van der Waals surface area contributed by atoms with Crippen molar-refractivity contribution in [1.82, 2.24) is 4.90 Å². The van der Waals surface area contributed by atoms with Gasteiger partial charge in [-0.2, -0.15) is 0 Å². The van der Waals surface area contributed by atoms with Crippen molar-refractivity contribution in [3.05, 3.63) is 35.9 Å². The molecular weight excluding hydrogens is 433 g/mol. The van der Waals surface area contributed by atoms with E-state index in [4.69, 9.17) is 9.26 Å². The Morgan fingerprint density at radius 1 is 1.16 bits per heavy atom. The molecule has 0 saturated carbocycles. The number of carbonyl (C=O) groups excluding carboxylic acids is 2. The van der Waals surface area contributed by atoms with Crippen molar-refractivity contribution in [3.63, 3.8) is 0 Å². The Balaban J connectivity index is 1.98. The number of rotatable bonds is 11. The molecule has 9 heteroatoms. The standard InChI is InChI=1S/C23H34NO7P/c1-23(2,3)22(28)30-17-31-32(29,15-8-7-12-18-10-5-4-6-11-18)16-20(25)24-14-9-13-19(24)21(26)27/h4-6,10-11,19H,7-9,12-17H2,1-3H3,(H,26,27)/t19-,32?/m0/s1. The average Bonchev–Trinajstić information content (AvgIpc) is 3.22.